The van der Waals surface area contributed by atoms with Gasteiger partial charge < -0.3 is 38.1 Å². The SMILES string of the molecule is CCN(C)C(=O)Oc1cccc([C@H](C)[N+](C)(C)C)c1.[I-]. The normalized spacial score (nSPS) is 12.3. The zero-order valence-corrected chi connectivity index (χ0v) is 15.3. The molecule has 1 amide bonds. The number of quaternary nitrogens is 1. The van der Waals surface area contributed by atoms with Crippen molar-refractivity contribution in [1.82, 2.24) is 4.90 Å². The average Bonchev–Trinajstić information content (AvgIpc) is 2.36. The van der Waals surface area contributed by atoms with E-state index in [1.54, 1.807) is 7.05 Å². The van der Waals surface area contributed by atoms with Gasteiger partial charge in [0.15, 0.2) is 0 Å². The number of hydrogen-bond donors (Lipinski definition) is 0. The van der Waals surface area contributed by atoms with Crippen LogP contribution in [0.3, 0.4) is 0 Å². The van der Waals surface area contributed by atoms with Crippen molar-refractivity contribution in [2.75, 3.05) is 34.7 Å². The van der Waals surface area contributed by atoms with Crippen molar-refractivity contribution in [2.45, 2.75) is 19.9 Å². The first kappa shape index (κ1) is 19.2. The van der Waals surface area contributed by atoms with Crippen LogP contribution in [0, 0.1) is 0 Å². The van der Waals surface area contributed by atoms with E-state index in [0.717, 1.165) is 10.0 Å². The van der Waals surface area contributed by atoms with E-state index < -0.39 is 0 Å². The Kier molecular flexibility index (Phi) is 7.51. The Balaban J connectivity index is 0.00000361. The summed E-state index contributed by atoms with van der Waals surface area (Å²) in [6.07, 6.45) is -0.322. The van der Waals surface area contributed by atoms with E-state index >= 15 is 0 Å². The van der Waals surface area contributed by atoms with E-state index in [-0.39, 0.29) is 30.1 Å². The van der Waals surface area contributed by atoms with Gasteiger partial charge in [0.1, 0.15) is 11.8 Å². The van der Waals surface area contributed by atoms with Gasteiger partial charge in [0.25, 0.3) is 0 Å². The summed E-state index contributed by atoms with van der Waals surface area (Å²) in [4.78, 5) is 13.3. The summed E-state index contributed by atoms with van der Waals surface area (Å²) >= 11 is 0. The molecule has 1 aromatic carbocycles. The van der Waals surface area contributed by atoms with E-state index in [1.807, 2.05) is 25.1 Å². The van der Waals surface area contributed by atoms with Gasteiger partial charge >= 0.3 is 6.09 Å². The summed E-state index contributed by atoms with van der Waals surface area (Å²) in [6.45, 7) is 4.71. The molecule has 0 fully saturated rings. The number of halogens is 1. The largest absolute Gasteiger partial charge is 1.00 e. The van der Waals surface area contributed by atoms with Crippen molar-refractivity contribution in [1.29, 1.82) is 0 Å². The van der Waals surface area contributed by atoms with Crippen molar-refractivity contribution in [2.24, 2.45) is 0 Å². The molecule has 20 heavy (non-hydrogen) atoms. The maximum absolute atomic E-state index is 11.7. The number of amides is 1. The van der Waals surface area contributed by atoms with Crippen LogP contribution in [0.25, 0.3) is 0 Å². The fourth-order valence-corrected chi connectivity index (χ4v) is 1.59. The molecule has 5 heteroatoms. The Morgan fingerprint density at radius 2 is 1.95 bits per heavy atom. The highest BCUT2D eigenvalue weighted by molar-refractivity contribution is 5.70. The van der Waals surface area contributed by atoms with Crippen LogP contribution in [-0.4, -0.2) is 50.2 Å². The van der Waals surface area contributed by atoms with Gasteiger partial charge in [-0.15, -0.1) is 0 Å². The summed E-state index contributed by atoms with van der Waals surface area (Å²) in [6, 6.07) is 8.08. The first-order valence-corrected chi connectivity index (χ1v) is 6.59. The fourth-order valence-electron chi connectivity index (χ4n) is 1.59. The number of hydrogen-bond acceptors (Lipinski definition) is 2. The summed E-state index contributed by atoms with van der Waals surface area (Å²) in [5.74, 6) is 0.600. The van der Waals surface area contributed by atoms with Crippen LogP contribution in [0.2, 0.25) is 0 Å². The highest BCUT2D eigenvalue weighted by Gasteiger charge is 2.21. The molecule has 1 aromatic rings. The second-order valence-electron chi connectivity index (χ2n) is 5.75. The zero-order chi connectivity index (χ0) is 14.6. The van der Waals surface area contributed by atoms with Crippen LogP contribution >= 0.6 is 0 Å². The number of rotatable bonds is 4. The quantitative estimate of drug-likeness (QED) is 0.530. The smallest absolute Gasteiger partial charge is 0.414 e. The first-order valence-electron chi connectivity index (χ1n) is 6.59. The van der Waals surface area contributed by atoms with Crippen LogP contribution in [0.1, 0.15) is 25.5 Å². The minimum atomic E-state index is -0.322. The molecule has 0 bridgehead atoms. The molecule has 114 valence electrons. The summed E-state index contributed by atoms with van der Waals surface area (Å²) in [5, 5.41) is 0. The Bertz CT molecular complexity index is 444. The predicted octanol–water partition coefficient (Wildman–Crippen LogP) is -0.0917. The summed E-state index contributed by atoms with van der Waals surface area (Å²) in [5.41, 5.74) is 1.16. The van der Waals surface area contributed by atoms with Gasteiger partial charge in [0, 0.05) is 19.2 Å². The van der Waals surface area contributed by atoms with Crippen molar-refractivity contribution >= 4 is 6.09 Å². The van der Waals surface area contributed by atoms with E-state index in [0.29, 0.717) is 18.3 Å². The lowest BCUT2D eigenvalue weighted by Gasteiger charge is -2.32. The van der Waals surface area contributed by atoms with Crippen LogP contribution in [0.15, 0.2) is 24.3 Å². The van der Waals surface area contributed by atoms with Gasteiger partial charge in [-0.1, -0.05) is 12.1 Å². The molecule has 1 rings (SSSR count). The van der Waals surface area contributed by atoms with Crippen molar-refractivity contribution in [3.63, 3.8) is 0 Å². The molecule has 0 radical (unpaired) electrons. The molecule has 0 saturated heterocycles. The zero-order valence-electron chi connectivity index (χ0n) is 13.2. The van der Waals surface area contributed by atoms with Gasteiger partial charge in [-0.05, 0) is 26.0 Å². The minimum Gasteiger partial charge on any atom is -1.00 e. The lowest BCUT2D eigenvalue weighted by Crippen LogP contribution is -3.00. The molecule has 0 aliphatic carbocycles. The predicted molar refractivity (Wildman–Crippen MR) is 77.2 cm³/mol. The van der Waals surface area contributed by atoms with Crippen LogP contribution in [0.4, 0.5) is 4.79 Å². The van der Waals surface area contributed by atoms with Crippen LogP contribution in [-0.2, 0) is 0 Å². The Morgan fingerprint density at radius 3 is 2.45 bits per heavy atom. The van der Waals surface area contributed by atoms with Crippen LogP contribution < -0.4 is 28.7 Å². The summed E-state index contributed by atoms with van der Waals surface area (Å²) < 4.78 is 6.18. The molecular weight excluding hydrogens is 367 g/mol. The van der Waals surface area contributed by atoms with Crippen molar-refractivity contribution < 1.29 is 38.0 Å². The highest BCUT2D eigenvalue weighted by atomic mass is 127. The molecule has 0 aliphatic heterocycles. The third-order valence-electron chi connectivity index (χ3n) is 3.49. The third-order valence-corrected chi connectivity index (χ3v) is 3.49. The standard InChI is InChI=1S/C15H25N2O2.HI/c1-7-16(3)15(18)19-14-10-8-9-13(11-14)12(2)17(4,5)6;/h8-12H,7H2,1-6H3;1H/q+1;/p-1/t12-;/m0./s1. The monoisotopic (exact) mass is 392 g/mol. The maximum atomic E-state index is 11.7. The summed E-state index contributed by atoms with van der Waals surface area (Å²) in [7, 11) is 8.16. The van der Waals surface area contributed by atoms with Gasteiger partial charge in [-0.2, -0.15) is 0 Å². The van der Waals surface area contributed by atoms with Crippen molar-refractivity contribution in [3.05, 3.63) is 29.8 Å². The molecule has 0 unspecified atom stereocenters. The number of carbonyl (C=O) groups excluding carboxylic acids is 1. The lowest BCUT2D eigenvalue weighted by atomic mass is 10.1. The van der Waals surface area contributed by atoms with Gasteiger partial charge in [0.05, 0.1) is 21.1 Å². The topological polar surface area (TPSA) is 29.5 Å². The number of carbonyl (C=O) groups is 1. The molecular formula is C15H25IN2O2. The van der Waals surface area contributed by atoms with E-state index in [2.05, 4.69) is 34.1 Å². The number of ether oxygens (including phenoxy) is 1. The average molecular weight is 392 g/mol. The maximum Gasteiger partial charge on any atom is 0.414 e. The number of nitrogens with zero attached hydrogens (tertiary/aromatic N) is 2. The lowest BCUT2D eigenvalue weighted by molar-refractivity contribution is -0.900. The molecule has 1 atom stereocenters. The van der Waals surface area contributed by atoms with E-state index in [1.165, 1.54) is 4.90 Å². The third kappa shape index (κ3) is 5.28. The second kappa shape index (κ2) is 7.83. The highest BCUT2D eigenvalue weighted by Crippen LogP contribution is 2.25. The molecule has 0 aromatic heterocycles. The second-order valence-corrected chi connectivity index (χ2v) is 5.75. The molecule has 0 saturated carbocycles. The van der Waals surface area contributed by atoms with Crippen molar-refractivity contribution in [3.8, 4) is 5.75 Å². The fraction of sp³-hybridized carbons (Fsp3) is 0.533. The minimum absolute atomic E-state index is 0. The molecule has 4 nitrogen and oxygen atoms in total. The van der Waals surface area contributed by atoms with E-state index in [4.69, 9.17) is 4.74 Å². The molecule has 0 aliphatic rings. The van der Waals surface area contributed by atoms with Gasteiger partial charge in [-0.3, -0.25) is 0 Å². The molecule has 0 N–H and O–H groups in total. The first-order chi connectivity index (χ1) is 8.75. The number of benzene rings is 1. The Morgan fingerprint density at radius 1 is 1.35 bits per heavy atom. The Labute approximate surface area is 139 Å². The molecule has 0 heterocycles. The van der Waals surface area contributed by atoms with Crippen LogP contribution in [0.5, 0.6) is 5.75 Å². The van der Waals surface area contributed by atoms with Gasteiger partial charge in [-0.25, -0.2) is 4.79 Å². The van der Waals surface area contributed by atoms with E-state index in [9.17, 15) is 4.79 Å². The van der Waals surface area contributed by atoms with Gasteiger partial charge in [0.2, 0.25) is 0 Å². The Hall–Kier alpha value is -0.820. The molecule has 0 spiro atoms.